The summed E-state index contributed by atoms with van der Waals surface area (Å²) in [4.78, 5) is 13.0. The summed E-state index contributed by atoms with van der Waals surface area (Å²) in [6, 6.07) is 44.8. The summed E-state index contributed by atoms with van der Waals surface area (Å²) in [5.41, 5.74) is 13.6. The number of hydrogen-bond donors (Lipinski definition) is 1. The van der Waals surface area contributed by atoms with E-state index >= 15 is 0 Å². The third-order valence-electron chi connectivity index (χ3n) is 9.03. The van der Waals surface area contributed by atoms with Crippen LogP contribution in [0.3, 0.4) is 0 Å². The minimum atomic E-state index is 0.884. The number of aromatic nitrogens is 4. The monoisotopic (exact) mass is 576 g/mol. The van der Waals surface area contributed by atoms with E-state index in [1.54, 1.807) is 0 Å². The number of benzene rings is 5. The van der Waals surface area contributed by atoms with Crippen molar-refractivity contribution in [3.05, 3.63) is 140 Å². The number of furan rings is 1. The van der Waals surface area contributed by atoms with E-state index in [1.165, 1.54) is 10.8 Å². The Labute approximate surface area is 257 Å². The molecule has 0 amide bonds. The summed E-state index contributed by atoms with van der Waals surface area (Å²) in [7, 11) is 0. The first-order chi connectivity index (χ1) is 22.3. The number of aromatic amines is 1. The molecule has 0 atom stereocenters. The molecule has 5 aromatic heterocycles. The Morgan fingerprint density at radius 1 is 0.533 bits per heavy atom. The molecule has 0 unspecified atom stereocenters. The normalized spacial score (nSPS) is 12.0. The van der Waals surface area contributed by atoms with Crippen LogP contribution in [0.25, 0.3) is 93.8 Å². The minimum absolute atomic E-state index is 0.884. The third kappa shape index (κ3) is 3.49. The lowest BCUT2D eigenvalue weighted by Gasteiger charge is -2.11. The Hall–Kier alpha value is -6.20. The van der Waals surface area contributed by atoms with Crippen LogP contribution in [-0.2, 0) is 0 Å². The van der Waals surface area contributed by atoms with E-state index in [4.69, 9.17) is 4.42 Å². The van der Waals surface area contributed by atoms with Crippen LogP contribution in [0.1, 0.15) is 0 Å². The van der Waals surface area contributed by atoms with Crippen molar-refractivity contribution >= 4 is 65.8 Å². The number of nitrogens with zero attached hydrogens (tertiary/aromatic N) is 3. The lowest BCUT2D eigenvalue weighted by Crippen LogP contribution is -1.94. The molecule has 0 spiro atoms. The van der Waals surface area contributed by atoms with Crippen LogP contribution in [0.15, 0.2) is 144 Å². The van der Waals surface area contributed by atoms with E-state index in [0.29, 0.717) is 0 Å². The highest BCUT2D eigenvalue weighted by molar-refractivity contribution is 6.26. The van der Waals surface area contributed by atoms with Gasteiger partial charge in [-0.25, -0.2) is 0 Å². The molecule has 0 aliphatic carbocycles. The van der Waals surface area contributed by atoms with Crippen molar-refractivity contribution in [3.63, 3.8) is 0 Å². The molecule has 0 saturated carbocycles. The van der Waals surface area contributed by atoms with Crippen LogP contribution in [0.5, 0.6) is 0 Å². The zero-order valence-corrected chi connectivity index (χ0v) is 24.0. The van der Waals surface area contributed by atoms with Crippen molar-refractivity contribution in [1.29, 1.82) is 0 Å². The Bertz CT molecular complexity index is 2730. The second kappa shape index (κ2) is 9.15. The maximum Gasteiger partial charge on any atom is 0.137 e. The van der Waals surface area contributed by atoms with Crippen molar-refractivity contribution < 1.29 is 4.42 Å². The molecule has 10 aromatic rings. The first-order valence-corrected chi connectivity index (χ1v) is 15.1. The van der Waals surface area contributed by atoms with Crippen molar-refractivity contribution in [3.8, 4) is 27.9 Å². The quantitative estimate of drug-likeness (QED) is 0.228. The third-order valence-corrected chi connectivity index (χ3v) is 9.03. The van der Waals surface area contributed by atoms with Gasteiger partial charge in [-0.1, -0.05) is 60.7 Å². The summed E-state index contributed by atoms with van der Waals surface area (Å²) in [5, 5.41) is 4.67. The van der Waals surface area contributed by atoms with Crippen LogP contribution in [0, 0.1) is 0 Å². The van der Waals surface area contributed by atoms with Gasteiger partial charge in [-0.15, -0.1) is 0 Å². The Kier molecular flexibility index (Phi) is 4.93. The highest BCUT2D eigenvalue weighted by Gasteiger charge is 2.18. The fourth-order valence-electron chi connectivity index (χ4n) is 7.08. The summed E-state index contributed by atoms with van der Waals surface area (Å²) < 4.78 is 8.68. The van der Waals surface area contributed by atoms with Crippen LogP contribution in [0.2, 0.25) is 0 Å². The molecule has 0 saturated heterocycles. The number of pyridine rings is 2. The maximum atomic E-state index is 6.43. The van der Waals surface area contributed by atoms with Gasteiger partial charge in [-0.05, 0) is 89.0 Å². The Balaban J connectivity index is 1.16. The molecule has 1 N–H and O–H groups in total. The summed E-state index contributed by atoms with van der Waals surface area (Å²) in [5.74, 6) is 0. The van der Waals surface area contributed by atoms with E-state index in [9.17, 15) is 0 Å². The molecule has 5 aromatic carbocycles. The Morgan fingerprint density at radius 2 is 1.24 bits per heavy atom. The number of para-hydroxylation sites is 1. The topological polar surface area (TPSA) is 59.6 Å². The van der Waals surface area contributed by atoms with Gasteiger partial charge >= 0.3 is 0 Å². The molecule has 0 aliphatic heterocycles. The van der Waals surface area contributed by atoms with Crippen LogP contribution in [-0.4, -0.2) is 19.5 Å². The van der Waals surface area contributed by atoms with Gasteiger partial charge in [0.1, 0.15) is 22.2 Å². The van der Waals surface area contributed by atoms with E-state index in [2.05, 4.69) is 135 Å². The van der Waals surface area contributed by atoms with Crippen molar-refractivity contribution in [2.45, 2.75) is 0 Å². The molecule has 5 nitrogen and oxygen atoms in total. The highest BCUT2D eigenvalue weighted by Crippen LogP contribution is 2.42. The largest absolute Gasteiger partial charge is 0.456 e. The van der Waals surface area contributed by atoms with E-state index < -0.39 is 0 Å². The van der Waals surface area contributed by atoms with Gasteiger partial charge < -0.3 is 14.0 Å². The second-order valence-corrected chi connectivity index (χ2v) is 11.5. The smallest absolute Gasteiger partial charge is 0.137 e. The van der Waals surface area contributed by atoms with Crippen LogP contribution in [0.4, 0.5) is 0 Å². The fourth-order valence-corrected chi connectivity index (χ4v) is 7.08. The number of hydrogen-bond acceptors (Lipinski definition) is 3. The predicted octanol–water partition coefficient (Wildman–Crippen LogP) is 10.4. The van der Waals surface area contributed by atoms with Gasteiger partial charge in [-0.2, -0.15) is 0 Å². The summed E-state index contributed by atoms with van der Waals surface area (Å²) in [6.45, 7) is 0. The number of fused-ring (bicyclic) bond motifs is 10. The van der Waals surface area contributed by atoms with Gasteiger partial charge in [0.2, 0.25) is 0 Å². The zero-order valence-electron chi connectivity index (χ0n) is 24.0. The molecule has 5 heterocycles. The van der Waals surface area contributed by atoms with Gasteiger partial charge in [-0.3, -0.25) is 9.97 Å². The molecular weight excluding hydrogens is 552 g/mol. The number of H-pyrrole nitrogens is 1. The average molecular weight is 577 g/mol. The van der Waals surface area contributed by atoms with E-state index in [-0.39, 0.29) is 0 Å². The number of nitrogens with one attached hydrogen (secondary N) is 1. The van der Waals surface area contributed by atoms with Crippen molar-refractivity contribution in [2.24, 2.45) is 0 Å². The highest BCUT2D eigenvalue weighted by atomic mass is 16.3. The van der Waals surface area contributed by atoms with Gasteiger partial charge in [0.25, 0.3) is 0 Å². The van der Waals surface area contributed by atoms with Gasteiger partial charge in [0.15, 0.2) is 0 Å². The van der Waals surface area contributed by atoms with Gasteiger partial charge in [0.05, 0.1) is 21.9 Å². The van der Waals surface area contributed by atoms with E-state index in [1.807, 2.05) is 24.5 Å². The molecule has 10 rings (SSSR count). The zero-order chi connectivity index (χ0) is 29.5. The average Bonchev–Trinajstić information content (AvgIpc) is 3.78. The molecule has 0 fully saturated rings. The van der Waals surface area contributed by atoms with Crippen molar-refractivity contribution in [1.82, 2.24) is 19.5 Å². The number of rotatable bonds is 3. The lowest BCUT2D eigenvalue weighted by atomic mass is 9.95. The maximum absolute atomic E-state index is 6.43. The molecule has 45 heavy (non-hydrogen) atoms. The van der Waals surface area contributed by atoms with Crippen molar-refractivity contribution in [2.75, 3.05) is 0 Å². The summed E-state index contributed by atoms with van der Waals surface area (Å²) >= 11 is 0. The fraction of sp³-hybridized carbons (Fsp3) is 0. The Morgan fingerprint density at radius 3 is 2.09 bits per heavy atom. The predicted molar refractivity (Wildman–Crippen MR) is 184 cm³/mol. The lowest BCUT2D eigenvalue weighted by molar-refractivity contribution is 0.669. The second-order valence-electron chi connectivity index (χ2n) is 11.5. The van der Waals surface area contributed by atoms with E-state index in [0.717, 1.165) is 83.0 Å². The van der Waals surface area contributed by atoms with Crippen LogP contribution >= 0.6 is 0 Å². The van der Waals surface area contributed by atoms with Gasteiger partial charge in [0, 0.05) is 39.8 Å². The molecule has 210 valence electrons. The molecule has 0 radical (unpaired) electrons. The SMILES string of the molecule is c1cc(-c2cccc(-n3c4cccnc4c4ncccc43)c2)cc(-c2cccc3oc4ccc5c6ccccc6[nH]c5c4c23)c1. The first kappa shape index (κ1) is 24.3. The minimum Gasteiger partial charge on any atom is -0.456 e. The molecule has 0 bridgehead atoms. The van der Waals surface area contributed by atoms with Crippen LogP contribution < -0.4 is 0 Å². The molecule has 5 heteroatoms. The summed E-state index contributed by atoms with van der Waals surface area (Å²) in [6.07, 6.45) is 3.66. The molecule has 0 aliphatic rings. The standard InChI is InChI=1S/C40H24N4O/c1-2-14-31-29(12-1)30-18-19-35-37(38(30)43-31)36-28(13-5-17-34(36)45-35)26-10-3-8-24(22-26)25-9-4-11-27(23-25)44-32-15-6-20-41-39(32)40-33(44)16-7-21-42-40/h1-23,43H. The first-order valence-electron chi connectivity index (χ1n) is 15.1. The molecular formula is C40H24N4O.